The van der Waals surface area contributed by atoms with Crippen molar-refractivity contribution >= 4 is 32.7 Å². The molecule has 204 valence electrons. The van der Waals surface area contributed by atoms with Crippen LogP contribution in [0, 0.1) is 0 Å². The average molecular weight is 555 g/mol. The molecule has 0 radical (unpaired) electrons. The Kier molecular flexibility index (Phi) is 8.04. The molecule has 8 nitrogen and oxygen atoms in total. The maximum absolute atomic E-state index is 14.1. The van der Waals surface area contributed by atoms with Gasteiger partial charge in [0.05, 0.1) is 11.4 Å². The summed E-state index contributed by atoms with van der Waals surface area (Å²) >= 11 is 0. The first-order valence-corrected chi connectivity index (χ1v) is 14.5. The quantitative estimate of drug-likeness (QED) is 0.336. The van der Waals surface area contributed by atoms with Crippen LogP contribution in [0.5, 0.6) is 0 Å². The molecule has 0 bridgehead atoms. The molecule has 1 aliphatic rings. The van der Waals surface area contributed by atoms with Crippen molar-refractivity contribution in [3.8, 4) is 0 Å². The van der Waals surface area contributed by atoms with Crippen LogP contribution in [-0.4, -0.2) is 66.6 Å². The van der Waals surface area contributed by atoms with Gasteiger partial charge in [0, 0.05) is 37.8 Å². The Hall–Kier alpha value is -4.34. The van der Waals surface area contributed by atoms with E-state index in [9.17, 15) is 18.0 Å². The Balaban J connectivity index is 1.50. The summed E-state index contributed by atoms with van der Waals surface area (Å²) in [7, 11) is -4.14. The van der Waals surface area contributed by atoms with Crippen molar-refractivity contribution in [2.75, 3.05) is 26.2 Å². The van der Waals surface area contributed by atoms with Crippen molar-refractivity contribution in [1.82, 2.24) is 19.5 Å². The molecule has 3 aromatic carbocycles. The van der Waals surface area contributed by atoms with Crippen molar-refractivity contribution < 1.29 is 18.0 Å². The number of aromatic nitrogens is 1. The van der Waals surface area contributed by atoms with Crippen LogP contribution in [0.4, 0.5) is 0 Å². The first kappa shape index (κ1) is 27.2. The Morgan fingerprint density at radius 3 is 2.23 bits per heavy atom. The van der Waals surface area contributed by atoms with Gasteiger partial charge < -0.3 is 10.2 Å². The lowest BCUT2D eigenvalue weighted by Crippen LogP contribution is -2.61. The fourth-order valence-corrected chi connectivity index (χ4v) is 6.86. The Bertz CT molecular complexity index is 1580. The molecule has 1 N–H and O–H groups in total. The van der Waals surface area contributed by atoms with Crippen LogP contribution in [-0.2, 0) is 19.6 Å². The zero-order chi connectivity index (χ0) is 28.1. The molecule has 1 saturated heterocycles. The molecule has 5 rings (SSSR count). The highest BCUT2D eigenvalue weighted by Crippen LogP contribution is 2.31. The van der Waals surface area contributed by atoms with E-state index in [2.05, 4.69) is 16.9 Å². The number of carbonyl (C=O) groups is 2. The van der Waals surface area contributed by atoms with Crippen molar-refractivity contribution in [3.05, 3.63) is 121 Å². The summed E-state index contributed by atoms with van der Waals surface area (Å²) in [5, 5.41) is 3.41. The zero-order valence-electron chi connectivity index (χ0n) is 21.9. The number of nitrogens with zero attached hydrogens (tertiary/aromatic N) is 3. The minimum absolute atomic E-state index is 0.0262. The fraction of sp³-hybridized carbons (Fsp3) is 0.194. The van der Waals surface area contributed by atoms with E-state index in [1.54, 1.807) is 35.4 Å². The molecule has 2 heterocycles. The van der Waals surface area contributed by atoms with Gasteiger partial charge in [-0.3, -0.25) is 14.6 Å². The maximum atomic E-state index is 14.1. The first-order chi connectivity index (χ1) is 19.4. The molecule has 4 aromatic rings. The second kappa shape index (κ2) is 11.8. The minimum Gasteiger partial charge on any atom is -0.351 e. The maximum Gasteiger partial charge on any atom is 0.246 e. The van der Waals surface area contributed by atoms with Crippen LogP contribution in [0.3, 0.4) is 0 Å². The molecule has 1 aliphatic heterocycles. The molecule has 1 atom stereocenters. The number of amides is 2. The van der Waals surface area contributed by atoms with E-state index in [1.807, 2.05) is 60.7 Å². The monoisotopic (exact) mass is 554 g/mol. The molecule has 0 spiro atoms. The second-order valence-electron chi connectivity index (χ2n) is 9.54. The number of piperazine rings is 1. The van der Waals surface area contributed by atoms with Gasteiger partial charge in [-0.2, -0.15) is 4.31 Å². The summed E-state index contributed by atoms with van der Waals surface area (Å²) in [5.41, 5.74) is 1.98. The van der Waals surface area contributed by atoms with Gasteiger partial charge in [-0.1, -0.05) is 84.9 Å². The van der Waals surface area contributed by atoms with Gasteiger partial charge >= 0.3 is 0 Å². The third-order valence-corrected chi connectivity index (χ3v) is 9.00. The smallest absolute Gasteiger partial charge is 0.246 e. The number of rotatable bonds is 8. The number of benzene rings is 3. The minimum atomic E-state index is -4.14. The molecular weight excluding hydrogens is 524 g/mol. The molecule has 0 saturated carbocycles. The van der Waals surface area contributed by atoms with Crippen molar-refractivity contribution in [2.24, 2.45) is 0 Å². The zero-order valence-corrected chi connectivity index (χ0v) is 22.7. The number of para-hydroxylation sites is 1. The van der Waals surface area contributed by atoms with E-state index >= 15 is 0 Å². The van der Waals surface area contributed by atoms with Gasteiger partial charge in [-0.15, -0.1) is 6.58 Å². The summed E-state index contributed by atoms with van der Waals surface area (Å²) in [6, 6.07) is 26.3. The van der Waals surface area contributed by atoms with Gasteiger partial charge in [0.25, 0.3) is 0 Å². The molecule has 2 amide bonds. The van der Waals surface area contributed by atoms with Crippen LogP contribution in [0.2, 0.25) is 0 Å². The summed E-state index contributed by atoms with van der Waals surface area (Å²) in [6.07, 6.45) is 3.07. The van der Waals surface area contributed by atoms with Crippen molar-refractivity contribution in [2.45, 2.75) is 16.9 Å². The van der Waals surface area contributed by atoms with E-state index in [1.165, 1.54) is 16.4 Å². The molecule has 1 fully saturated rings. The SMILES string of the molecule is C=CCNC(=O)C1CN(C(=O)C(c2ccccc2)c2ccccc2)CCN1S(=O)(=O)c1cccc2cccnc12. The van der Waals surface area contributed by atoms with E-state index in [0.717, 1.165) is 11.1 Å². The summed E-state index contributed by atoms with van der Waals surface area (Å²) in [6.45, 7) is 3.82. The van der Waals surface area contributed by atoms with Crippen LogP contribution < -0.4 is 5.32 Å². The van der Waals surface area contributed by atoms with E-state index in [4.69, 9.17) is 0 Å². The summed E-state index contributed by atoms with van der Waals surface area (Å²) < 4.78 is 29.2. The van der Waals surface area contributed by atoms with Crippen LogP contribution in [0.1, 0.15) is 17.0 Å². The van der Waals surface area contributed by atoms with Gasteiger partial charge in [-0.25, -0.2) is 8.42 Å². The predicted molar refractivity (Wildman–Crippen MR) is 154 cm³/mol. The topological polar surface area (TPSA) is 99.7 Å². The van der Waals surface area contributed by atoms with Crippen LogP contribution in [0.15, 0.2) is 115 Å². The van der Waals surface area contributed by atoms with Gasteiger partial charge in [0.15, 0.2) is 0 Å². The van der Waals surface area contributed by atoms with Crippen molar-refractivity contribution in [1.29, 1.82) is 0 Å². The van der Waals surface area contributed by atoms with Gasteiger partial charge in [0.1, 0.15) is 10.9 Å². The largest absolute Gasteiger partial charge is 0.351 e. The average Bonchev–Trinajstić information content (AvgIpc) is 3.00. The highest BCUT2D eigenvalue weighted by molar-refractivity contribution is 7.89. The summed E-state index contributed by atoms with van der Waals surface area (Å²) in [4.78, 5) is 33.4. The van der Waals surface area contributed by atoms with E-state index < -0.39 is 27.9 Å². The van der Waals surface area contributed by atoms with Crippen LogP contribution in [0.25, 0.3) is 10.9 Å². The van der Waals surface area contributed by atoms with Crippen molar-refractivity contribution in [3.63, 3.8) is 0 Å². The first-order valence-electron chi connectivity index (χ1n) is 13.0. The number of carbonyl (C=O) groups excluding carboxylic acids is 2. The number of pyridine rings is 1. The highest BCUT2D eigenvalue weighted by Gasteiger charge is 2.43. The van der Waals surface area contributed by atoms with Gasteiger partial charge in [-0.05, 0) is 23.3 Å². The molecule has 40 heavy (non-hydrogen) atoms. The Morgan fingerprint density at radius 2 is 1.57 bits per heavy atom. The molecular formula is C31H30N4O4S. The number of sulfonamides is 1. The van der Waals surface area contributed by atoms with Crippen LogP contribution >= 0.6 is 0 Å². The molecule has 1 unspecified atom stereocenters. The van der Waals surface area contributed by atoms with E-state index in [0.29, 0.717) is 10.9 Å². The summed E-state index contributed by atoms with van der Waals surface area (Å²) in [5.74, 6) is -1.28. The van der Waals surface area contributed by atoms with E-state index in [-0.39, 0.29) is 37.0 Å². The molecule has 9 heteroatoms. The second-order valence-corrected chi connectivity index (χ2v) is 11.4. The third-order valence-electron chi connectivity index (χ3n) is 7.06. The number of nitrogens with one attached hydrogen (secondary N) is 1. The fourth-order valence-electron chi connectivity index (χ4n) is 5.12. The number of hydrogen-bond acceptors (Lipinski definition) is 5. The normalized spacial score (nSPS) is 16.1. The highest BCUT2D eigenvalue weighted by atomic mass is 32.2. The molecule has 0 aliphatic carbocycles. The predicted octanol–water partition coefficient (Wildman–Crippen LogP) is 3.57. The number of hydrogen-bond donors (Lipinski definition) is 1. The van der Waals surface area contributed by atoms with Gasteiger partial charge in [0.2, 0.25) is 21.8 Å². The standard InChI is InChI=1S/C31H30N4O4S/c1-2-18-33-30(36)26-22-34(31(37)28(23-11-5-3-6-12-23)24-13-7-4-8-14-24)20-21-35(26)40(38,39)27-17-9-15-25-16-10-19-32-29(25)27/h2-17,19,26,28H,1,18,20-22H2,(H,33,36). The third kappa shape index (κ3) is 5.38. The lowest BCUT2D eigenvalue weighted by molar-refractivity contribution is -0.136. The lowest BCUT2D eigenvalue weighted by Gasteiger charge is -2.40. The number of fused-ring (bicyclic) bond motifs is 1. The lowest BCUT2D eigenvalue weighted by atomic mass is 9.89. The Labute approximate surface area is 234 Å². The Morgan fingerprint density at radius 1 is 0.925 bits per heavy atom. The molecule has 1 aromatic heterocycles.